The fourth-order valence-electron chi connectivity index (χ4n) is 1.60. The van der Waals surface area contributed by atoms with Gasteiger partial charge < -0.3 is 29.5 Å². The van der Waals surface area contributed by atoms with E-state index in [4.69, 9.17) is 15.3 Å². The number of hydrogen-bond donors (Lipinski definition) is 3. The van der Waals surface area contributed by atoms with Gasteiger partial charge in [-0.15, -0.1) is 0 Å². The van der Waals surface area contributed by atoms with Crippen molar-refractivity contribution in [2.75, 3.05) is 49.8 Å². The molecule has 3 N–H and O–H groups in total. The van der Waals surface area contributed by atoms with Crippen LogP contribution in [0.15, 0.2) is 48.5 Å². The van der Waals surface area contributed by atoms with Gasteiger partial charge in [0.05, 0.1) is 18.3 Å². The Balaban J connectivity index is -0.0000000370. The van der Waals surface area contributed by atoms with Crippen LogP contribution in [0.25, 0.3) is 0 Å². The topological polar surface area (TPSA) is 123 Å². The number of hydrogen-bond acceptors (Lipinski definition) is 8. The van der Waals surface area contributed by atoms with E-state index in [1.807, 2.05) is 119 Å². The van der Waals surface area contributed by atoms with Crippen LogP contribution in [0.1, 0.15) is 204 Å². The fraction of sp³-hybridized carbons (Fsp3) is 0.725. The molecular formula is C51H112O8. The molecule has 364 valence electrons. The summed E-state index contributed by atoms with van der Waals surface area (Å²) in [6.07, 6.45) is 1.25. The summed E-state index contributed by atoms with van der Waals surface area (Å²) in [4.78, 5) is 21.7. The Kier molecular flexibility index (Phi) is 124. The van der Waals surface area contributed by atoms with Crippen molar-refractivity contribution >= 4 is 11.8 Å². The molecule has 0 radical (unpaired) electrons. The molecule has 0 saturated carbocycles. The minimum absolute atomic E-state index is 0.125. The van der Waals surface area contributed by atoms with Gasteiger partial charge in [0.1, 0.15) is 0 Å². The molecule has 0 aliphatic rings. The van der Waals surface area contributed by atoms with Gasteiger partial charge in [-0.25, -0.2) is 4.79 Å². The predicted octanol–water partition coefficient (Wildman–Crippen LogP) is 15.2. The highest BCUT2D eigenvalue weighted by molar-refractivity contribution is 5.94. The number of Topliss-reactive ketones (excluding diaryl/α,β-unsaturated/α-hetero) is 1. The highest BCUT2D eigenvalue weighted by Gasteiger charge is 2.02. The third-order valence-electron chi connectivity index (χ3n) is 2.93. The van der Waals surface area contributed by atoms with Crippen LogP contribution in [-0.2, 0) is 14.2 Å². The van der Waals surface area contributed by atoms with Crippen molar-refractivity contribution in [1.82, 2.24) is 0 Å². The van der Waals surface area contributed by atoms with Gasteiger partial charge >= 0.3 is 5.97 Å². The van der Waals surface area contributed by atoms with Gasteiger partial charge in [0.15, 0.2) is 5.78 Å². The lowest BCUT2D eigenvalue weighted by molar-refractivity contribution is 0.0600. The van der Waals surface area contributed by atoms with E-state index in [-0.39, 0.29) is 11.8 Å². The molecule has 0 amide bonds. The second kappa shape index (κ2) is 79.5. The first-order valence-corrected chi connectivity index (χ1v) is 21.3. The standard InChI is InChI=1S/C9H10O2.C9H10O.2C5H12.C4H10O.C3H8.2C2H6O.5C2H6.2CH4O/c1-7-3-5-8(6-4-7)9(10)11-2;1-7-3-5-9(6-4-7)8(2)10;2*1-5(2,3)4;1-4(2,3)5;3*1-3-2;7*1-2/h3-6H,1-2H3;3-6H,1-2H3;2*1-4H3;5H,1-3H3;3H2,1-2H3;2*1-2H3;5*1-2H3;2*2H,1H3. The minimum Gasteiger partial charge on any atom is -0.465 e. The molecule has 0 saturated heterocycles. The summed E-state index contributed by atoms with van der Waals surface area (Å²) in [6, 6.07) is 14.8. The van der Waals surface area contributed by atoms with Gasteiger partial charge in [-0.05, 0) is 64.5 Å². The molecule has 2 aromatic carbocycles. The summed E-state index contributed by atoms with van der Waals surface area (Å²) >= 11 is 0. The van der Waals surface area contributed by atoms with E-state index in [0.717, 1.165) is 25.3 Å². The van der Waals surface area contributed by atoms with E-state index < -0.39 is 5.60 Å². The third-order valence-corrected chi connectivity index (χ3v) is 2.93. The maximum Gasteiger partial charge on any atom is 0.337 e. The number of aryl methyl sites for hydroxylation is 2. The molecule has 0 aromatic heterocycles. The van der Waals surface area contributed by atoms with Crippen LogP contribution in [-0.4, -0.2) is 82.4 Å². The number of methoxy groups -OCH3 is 3. The molecule has 8 nitrogen and oxygen atoms in total. The Morgan fingerprint density at radius 1 is 0.475 bits per heavy atom. The third kappa shape index (κ3) is 210. The van der Waals surface area contributed by atoms with Crippen LogP contribution in [0.4, 0.5) is 0 Å². The van der Waals surface area contributed by atoms with Crippen molar-refractivity contribution in [3.63, 3.8) is 0 Å². The number of carbonyl (C=O) groups excluding carboxylic acids is 2. The van der Waals surface area contributed by atoms with E-state index in [1.54, 1.807) is 68.3 Å². The Morgan fingerprint density at radius 2 is 0.610 bits per heavy atom. The summed E-state index contributed by atoms with van der Waals surface area (Å²) in [5.74, 6) is -0.162. The van der Waals surface area contributed by atoms with Gasteiger partial charge in [-0.2, -0.15) is 0 Å². The smallest absolute Gasteiger partial charge is 0.337 e. The number of aliphatic hydroxyl groups is 3. The van der Waals surface area contributed by atoms with Crippen molar-refractivity contribution in [3.8, 4) is 0 Å². The molecular weight excluding hydrogens is 741 g/mol. The quantitative estimate of drug-likeness (QED) is 0.202. The molecule has 59 heavy (non-hydrogen) atoms. The van der Waals surface area contributed by atoms with Crippen molar-refractivity contribution in [1.29, 1.82) is 0 Å². The summed E-state index contributed by atoms with van der Waals surface area (Å²) in [5, 5.41) is 22.5. The molecule has 0 atom stereocenters. The predicted molar refractivity (Wildman–Crippen MR) is 271 cm³/mol. The zero-order chi connectivity index (χ0) is 51.4. The number of esters is 1. The van der Waals surface area contributed by atoms with Crippen molar-refractivity contribution in [2.24, 2.45) is 10.8 Å². The number of aliphatic hydroxyl groups excluding tert-OH is 2. The normalized spacial score (nSPS) is 8.00. The molecule has 0 bridgehead atoms. The second-order valence-electron chi connectivity index (χ2n) is 14.5. The van der Waals surface area contributed by atoms with Crippen LogP contribution in [0, 0.1) is 24.7 Å². The summed E-state index contributed by atoms with van der Waals surface area (Å²) < 4.78 is 13.0. The first-order valence-electron chi connectivity index (χ1n) is 21.3. The maximum absolute atomic E-state index is 10.9. The SMILES string of the molecule is CC.CC.CC.CC.CC.CC(=O)c1ccc(C)cc1.CC(C)(C)C.CC(C)(C)C.CC(C)(C)O.CCC.CO.CO.COC.COC.COC(=O)c1ccc(C)cc1. The largest absolute Gasteiger partial charge is 0.465 e. The van der Waals surface area contributed by atoms with Crippen LogP contribution >= 0.6 is 0 Å². The molecule has 0 heterocycles. The van der Waals surface area contributed by atoms with Crippen LogP contribution in [0.5, 0.6) is 0 Å². The molecule has 0 aliphatic carbocycles. The lowest BCUT2D eigenvalue weighted by Crippen LogP contribution is -2.10. The number of ketones is 1. The molecule has 0 spiro atoms. The van der Waals surface area contributed by atoms with E-state index in [2.05, 4.69) is 83.4 Å². The Labute approximate surface area is 373 Å². The van der Waals surface area contributed by atoms with Crippen LogP contribution in [0.3, 0.4) is 0 Å². The average molecular weight is 853 g/mol. The zero-order valence-electron chi connectivity index (χ0n) is 46.2. The maximum atomic E-state index is 10.9. The average Bonchev–Trinajstić information content (AvgIpc) is 3.17. The second-order valence-corrected chi connectivity index (χ2v) is 14.5. The van der Waals surface area contributed by atoms with Crippen LogP contribution in [0.2, 0.25) is 0 Å². The Hall–Kier alpha value is -2.62. The number of ether oxygens (including phenoxy) is 3. The molecule has 0 aliphatic heterocycles. The molecule has 0 unspecified atom stereocenters. The minimum atomic E-state index is -0.500. The Bertz CT molecular complexity index is 852. The van der Waals surface area contributed by atoms with Gasteiger partial charge in [0.2, 0.25) is 0 Å². The van der Waals surface area contributed by atoms with Crippen molar-refractivity contribution in [3.05, 3.63) is 70.8 Å². The Morgan fingerprint density at radius 3 is 0.729 bits per heavy atom. The van der Waals surface area contributed by atoms with E-state index >= 15 is 0 Å². The van der Waals surface area contributed by atoms with Crippen LogP contribution < -0.4 is 0 Å². The zero-order valence-corrected chi connectivity index (χ0v) is 46.2. The molecule has 0 fully saturated rings. The fourth-order valence-corrected chi connectivity index (χ4v) is 1.60. The first-order chi connectivity index (χ1) is 27.2. The van der Waals surface area contributed by atoms with E-state index in [9.17, 15) is 9.59 Å². The summed E-state index contributed by atoms with van der Waals surface area (Å²) in [5.41, 5.74) is 4.20. The summed E-state index contributed by atoms with van der Waals surface area (Å²) in [7, 11) is 9.88. The van der Waals surface area contributed by atoms with Gasteiger partial charge in [-0.1, -0.05) is 192 Å². The lowest BCUT2D eigenvalue weighted by atomic mass is 10.0. The molecule has 2 aromatic rings. The van der Waals surface area contributed by atoms with Gasteiger partial charge in [0, 0.05) is 48.2 Å². The van der Waals surface area contributed by atoms with Gasteiger partial charge in [-0.3, -0.25) is 4.79 Å². The van der Waals surface area contributed by atoms with Crippen molar-refractivity contribution in [2.45, 2.75) is 192 Å². The van der Waals surface area contributed by atoms with E-state index in [1.165, 1.54) is 19.1 Å². The molecule has 8 heteroatoms. The summed E-state index contributed by atoms with van der Waals surface area (Å²) in [6.45, 7) is 52.5. The highest BCUT2D eigenvalue weighted by Crippen LogP contribution is 2.08. The highest BCUT2D eigenvalue weighted by atomic mass is 16.5. The number of carbonyl (C=O) groups is 2. The monoisotopic (exact) mass is 853 g/mol. The number of rotatable bonds is 2. The molecule has 2 rings (SSSR count). The lowest BCUT2D eigenvalue weighted by Gasteiger charge is -2.05. The first kappa shape index (κ1) is 91.9. The van der Waals surface area contributed by atoms with E-state index in [0.29, 0.717) is 16.4 Å². The van der Waals surface area contributed by atoms with Gasteiger partial charge in [0.25, 0.3) is 0 Å². The number of benzene rings is 2. The van der Waals surface area contributed by atoms with Crippen molar-refractivity contribution < 1.29 is 39.1 Å².